The van der Waals surface area contributed by atoms with E-state index in [0.29, 0.717) is 55.4 Å². The van der Waals surface area contributed by atoms with Crippen molar-refractivity contribution in [2.45, 2.75) is 32.4 Å². The average molecular weight is 516 g/mol. The van der Waals surface area contributed by atoms with Gasteiger partial charge in [0.25, 0.3) is 11.7 Å². The van der Waals surface area contributed by atoms with Crippen LogP contribution in [-0.2, 0) is 20.9 Å². The highest BCUT2D eigenvalue weighted by molar-refractivity contribution is 6.46. The van der Waals surface area contributed by atoms with Gasteiger partial charge in [-0.25, -0.2) is 0 Å². The molecule has 1 amide bonds. The summed E-state index contributed by atoms with van der Waals surface area (Å²) >= 11 is 0. The van der Waals surface area contributed by atoms with Crippen LogP contribution in [0.25, 0.3) is 5.76 Å². The molecule has 3 aromatic carbocycles. The van der Waals surface area contributed by atoms with Crippen LogP contribution < -0.4 is 9.47 Å². The SMILES string of the molecule is CCCOc1cccc(C(O)=C2C(=O)C(=O)N(CCCOC)C2c2ccc(OCc3ccccc3)cc2)c1. The number of aliphatic hydroxyl groups excluding tert-OH is 1. The van der Waals surface area contributed by atoms with E-state index in [4.69, 9.17) is 14.2 Å². The number of ether oxygens (including phenoxy) is 3. The van der Waals surface area contributed by atoms with E-state index in [1.807, 2.05) is 61.5 Å². The molecule has 4 rings (SSSR count). The van der Waals surface area contributed by atoms with Gasteiger partial charge in [0.15, 0.2) is 0 Å². The monoisotopic (exact) mass is 515 g/mol. The molecule has 0 spiro atoms. The van der Waals surface area contributed by atoms with Gasteiger partial charge >= 0.3 is 0 Å². The van der Waals surface area contributed by atoms with E-state index in [-0.39, 0.29) is 11.3 Å². The number of hydrogen-bond donors (Lipinski definition) is 1. The first-order valence-corrected chi connectivity index (χ1v) is 12.8. The Kier molecular flexibility index (Phi) is 9.16. The molecule has 7 nitrogen and oxygen atoms in total. The van der Waals surface area contributed by atoms with Crippen LogP contribution in [-0.4, -0.2) is 48.6 Å². The van der Waals surface area contributed by atoms with E-state index in [2.05, 4.69) is 0 Å². The molecule has 0 aliphatic carbocycles. The van der Waals surface area contributed by atoms with Crippen LogP contribution in [0, 0.1) is 0 Å². The van der Waals surface area contributed by atoms with E-state index in [9.17, 15) is 14.7 Å². The van der Waals surface area contributed by atoms with Gasteiger partial charge in [-0.1, -0.05) is 61.5 Å². The predicted octanol–water partition coefficient (Wildman–Crippen LogP) is 5.51. The summed E-state index contributed by atoms with van der Waals surface area (Å²) in [6.45, 7) is 3.72. The second-order valence-corrected chi connectivity index (χ2v) is 9.06. The van der Waals surface area contributed by atoms with E-state index in [1.54, 1.807) is 31.4 Å². The summed E-state index contributed by atoms with van der Waals surface area (Å²) in [5.74, 6) is -0.338. The van der Waals surface area contributed by atoms with Crippen molar-refractivity contribution >= 4 is 17.4 Å². The van der Waals surface area contributed by atoms with Crippen molar-refractivity contribution in [3.05, 3.63) is 101 Å². The molecule has 0 radical (unpaired) electrons. The summed E-state index contributed by atoms with van der Waals surface area (Å²) in [5.41, 5.74) is 2.22. The molecule has 38 heavy (non-hydrogen) atoms. The van der Waals surface area contributed by atoms with Gasteiger partial charge in [0.1, 0.15) is 23.9 Å². The number of rotatable bonds is 12. The molecule has 1 unspecified atom stereocenters. The van der Waals surface area contributed by atoms with Gasteiger partial charge in [-0.3, -0.25) is 9.59 Å². The van der Waals surface area contributed by atoms with Crippen LogP contribution in [0.1, 0.15) is 42.5 Å². The highest BCUT2D eigenvalue weighted by Crippen LogP contribution is 2.40. The third-order valence-electron chi connectivity index (χ3n) is 6.31. The fraction of sp³-hybridized carbons (Fsp3) is 0.290. The lowest BCUT2D eigenvalue weighted by Crippen LogP contribution is -2.31. The summed E-state index contributed by atoms with van der Waals surface area (Å²) in [6, 6.07) is 23.3. The predicted molar refractivity (Wildman–Crippen MR) is 145 cm³/mol. The van der Waals surface area contributed by atoms with Gasteiger partial charge in [0.05, 0.1) is 18.2 Å². The zero-order chi connectivity index (χ0) is 26.9. The Hall–Kier alpha value is -4.10. The fourth-order valence-electron chi connectivity index (χ4n) is 4.43. The number of benzene rings is 3. The molecule has 198 valence electrons. The number of carbonyl (C=O) groups excluding carboxylic acids is 2. The normalized spacial score (nSPS) is 16.6. The number of nitrogens with zero attached hydrogens (tertiary/aromatic N) is 1. The lowest BCUT2D eigenvalue weighted by Gasteiger charge is -2.25. The first-order valence-electron chi connectivity index (χ1n) is 12.8. The Morgan fingerprint density at radius 3 is 2.37 bits per heavy atom. The van der Waals surface area contributed by atoms with Crippen LogP contribution in [0.15, 0.2) is 84.4 Å². The number of methoxy groups -OCH3 is 1. The zero-order valence-corrected chi connectivity index (χ0v) is 21.8. The minimum atomic E-state index is -0.741. The van der Waals surface area contributed by atoms with Gasteiger partial charge in [-0.15, -0.1) is 0 Å². The molecule has 0 bridgehead atoms. The molecular weight excluding hydrogens is 482 g/mol. The van der Waals surface area contributed by atoms with Crippen LogP contribution in [0.3, 0.4) is 0 Å². The Bertz CT molecular complexity index is 1270. The highest BCUT2D eigenvalue weighted by atomic mass is 16.5. The maximum absolute atomic E-state index is 13.2. The molecule has 1 fully saturated rings. The van der Waals surface area contributed by atoms with Gasteiger partial charge in [0, 0.05) is 25.8 Å². The van der Waals surface area contributed by atoms with Crippen molar-refractivity contribution in [1.82, 2.24) is 4.90 Å². The third kappa shape index (κ3) is 6.23. The summed E-state index contributed by atoms with van der Waals surface area (Å²) in [4.78, 5) is 27.8. The van der Waals surface area contributed by atoms with E-state index in [1.165, 1.54) is 4.90 Å². The molecule has 1 saturated heterocycles. The Morgan fingerprint density at radius 2 is 1.66 bits per heavy atom. The first-order chi connectivity index (χ1) is 18.5. The van der Waals surface area contributed by atoms with Crippen LogP contribution in [0.5, 0.6) is 11.5 Å². The fourth-order valence-corrected chi connectivity index (χ4v) is 4.43. The van der Waals surface area contributed by atoms with Crippen molar-refractivity contribution in [2.24, 2.45) is 0 Å². The minimum Gasteiger partial charge on any atom is -0.507 e. The summed E-state index contributed by atoms with van der Waals surface area (Å²) in [7, 11) is 1.59. The molecule has 7 heteroatoms. The lowest BCUT2D eigenvalue weighted by atomic mass is 9.95. The standard InChI is InChI=1S/C31H33NO6/c1-3-18-37-26-12-7-11-24(20-26)29(33)27-28(32(17-8-19-36-2)31(35)30(27)34)23-13-15-25(16-14-23)38-21-22-9-5-4-6-10-22/h4-7,9-16,20,28,33H,3,8,17-19,21H2,1-2H3. The molecule has 1 N–H and O–H groups in total. The van der Waals surface area contributed by atoms with Crippen molar-refractivity contribution in [3.63, 3.8) is 0 Å². The summed E-state index contributed by atoms with van der Waals surface area (Å²) in [6.07, 6.45) is 1.40. The van der Waals surface area contributed by atoms with Crippen molar-refractivity contribution in [3.8, 4) is 11.5 Å². The van der Waals surface area contributed by atoms with Gasteiger partial charge < -0.3 is 24.2 Å². The lowest BCUT2D eigenvalue weighted by molar-refractivity contribution is -0.140. The first kappa shape index (κ1) is 26.9. The van der Waals surface area contributed by atoms with Crippen LogP contribution in [0.4, 0.5) is 0 Å². The van der Waals surface area contributed by atoms with Gasteiger partial charge in [-0.05, 0) is 48.2 Å². The summed E-state index contributed by atoms with van der Waals surface area (Å²) in [5, 5.41) is 11.3. The molecule has 1 aliphatic rings. The minimum absolute atomic E-state index is 0.0537. The second-order valence-electron chi connectivity index (χ2n) is 9.06. The quantitative estimate of drug-likeness (QED) is 0.148. The average Bonchev–Trinajstić information content (AvgIpc) is 3.21. The highest BCUT2D eigenvalue weighted by Gasteiger charge is 2.45. The van der Waals surface area contributed by atoms with Crippen molar-refractivity contribution in [1.29, 1.82) is 0 Å². The molecule has 0 saturated carbocycles. The van der Waals surface area contributed by atoms with Gasteiger partial charge in [-0.2, -0.15) is 0 Å². The topological polar surface area (TPSA) is 85.3 Å². The third-order valence-corrected chi connectivity index (χ3v) is 6.31. The molecule has 3 aromatic rings. The van der Waals surface area contributed by atoms with E-state index >= 15 is 0 Å². The molecule has 1 heterocycles. The van der Waals surface area contributed by atoms with Crippen LogP contribution >= 0.6 is 0 Å². The molecule has 1 aliphatic heterocycles. The van der Waals surface area contributed by atoms with Crippen molar-refractivity contribution in [2.75, 3.05) is 26.9 Å². The largest absolute Gasteiger partial charge is 0.507 e. The molecule has 1 atom stereocenters. The molecule has 0 aromatic heterocycles. The number of carbonyl (C=O) groups is 2. The van der Waals surface area contributed by atoms with E-state index < -0.39 is 17.7 Å². The van der Waals surface area contributed by atoms with E-state index in [0.717, 1.165) is 12.0 Å². The number of ketones is 1. The molecular formula is C31H33NO6. The zero-order valence-electron chi connectivity index (χ0n) is 21.8. The van der Waals surface area contributed by atoms with Crippen molar-refractivity contribution < 1.29 is 28.9 Å². The smallest absolute Gasteiger partial charge is 0.295 e. The second kappa shape index (κ2) is 12.9. The number of aliphatic hydroxyl groups is 1. The number of hydrogen-bond acceptors (Lipinski definition) is 6. The van der Waals surface area contributed by atoms with Gasteiger partial charge in [0.2, 0.25) is 0 Å². The number of likely N-dealkylation sites (tertiary alicyclic amines) is 1. The Morgan fingerprint density at radius 1 is 0.895 bits per heavy atom. The summed E-state index contributed by atoms with van der Waals surface area (Å²) < 4.78 is 16.8. The Labute approximate surface area is 223 Å². The number of Topliss-reactive ketones (excluding diaryl/α,β-unsaturated/α-hetero) is 1. The Balaban J connectivity index is 1.66. The van der Waals surface area contributed by atoms with Crippen LogP contribution in [0.2, 0.25) is 0 Å². The maximum Gasteiger partial charge on any atom is 0.295 e. The maximum atomic E-state index is 13.2. The number of amides is 1.